The Kier molecular flexibility index (Phi) is 8.05. The van der Waals surface area contributed by atoms with Gasteiger partial charge >= 0.3 is 0 Å². The molecular weight excluding hydrogens is 404 g/mol. The number of likely N-dealkylation sites (tertiary alicyclic amines) is 1. The Balaban J connectivity index is 1.17. The van der Waals surface area contributed by atoms with Gasteiger partial charge in [0, 0.05) is 32.7 Å². The van der Waals surface area contributed by atoms with Crippen LogP contribution in [0.5, 0.6) is 5.75 Å². The molecule has 0 unspecified atom stereocenters. The Bertz CT molecular complexity index is 638. The molecular formula is C22H32N2O3S2. The summed E-state index contributed by atoms with van der Waals surface area (Å²) in [5, 5.41) is 0. The van der Waals surface area contributed by atoms with Crippen LogP contribution >= 0.6 is 23.5 Å². The lowest BCUT2D eigenvalue weighted by Gasteiger charge is -2.36. The molecule has 1 amide bonds. The number of carbonyl (C=O) groups excluding carboxylic acids is 1. The van der Waals surface area contributed by atoms with Crippen molar-refractivity contribution in [2.24, 2.45) is 5.92 Å². The fourth-order valence-electron chi connectivity index (χ4n) is 4.15. The number of hydrogen-bond acceptors (Lipinski definition) is 6. The van der Waals surface area contributed by atoms with Crippen molar-refractivity contribution in [3.05, 3.63) is 29.8 Å². The summed E-state index contributed by atoms with van der Waals surface area (Å²) < 4.78 is 11.8. The fourth-order valence-corrected chi connectivity index (χ4v) is 7.05. The molecule has 3 saturated heterocycles. The number of benzene rings is 1. The number of carbonyl (C=O) groups is 1. The molecule has 0 saturated carbocycles. The Morgan fingerprint density at radius 1 is 1.03 bits per heavy atom. The monoisotopic (exact) mass is 436 g/mol. The molecule has 1 aromatic rings. The molecule has 4 rings (SSSR count). The van der Waals surface area contributed by atoms with E-state index >= 15 is 0 Å². The largest absolute Gasteiger partial charge is 0.484 e. The summed E-state index contributed by atoms with van der Waals surface area (Å²) in [6, 6.07) is 8.31. The molecule has 7 heteroatoms. The van der Waals surface area contributed by atoms with Crippen LogP contribution in [-0.4, -0.2) is 79.8 Å². The lowest BCUT2D eigenvalue weighted by Crippen LogP contribution is -2.45. The number of ether oxygens (including phenoxy) is 2. The van der Waals surface area contributed by atoms with Crippen LogP contribution in [0.1, 0.15) is 29.4 Å². The average molecular weight is 437 g/mol. The smallest absolute Gasteiger partial charge is 0.260 e. The van der Waals surface area contributed by atoms with E-state index in [0.29, 0.717) is 10.5 Å². The number of hydrogen-bond donors (Lipinski definition) is 0. The zero-order valence-corrected chi connectivity index (χ0v) is 18.7. The molecule has 0 spiro atoms. The third kappa shape index (κ3) is 6.29. The van der Waals surface area contributed by atoms with Crippen LogP contribution in [-0.2, 0) is 9.53 Å². The number of morpholine rings is 1. The highest BCUT2D eigenvalue weighted by Gasteiger charge is 2.25. The quantitative estimate of drug-likeness (QED) is 0.680. The maximum Gasteiger partial charge on any atom is 0.260 e. The molecule has 3 aliphatic heterocycles. The summed E-state index contributed by atoms with van der Waals surface area (Å²) in [7, 11) is 0. The molecule has 0 radical (unpaired) electrons. The SMILES string of the molecule is O=C(COc1ccc(C2SCCCS2)cc1)N1CCC(CN2CCOCC2)CC1. The van der Waals surface area contributed by atoms with Crippen molar-refractivity contribution in [1.29, 1.82) is 0 Å². The van der Waals surface area contributed by atoms with Gasteiger partial charge in [0.2, 0.25) is 0 Å². The minimum absolute atomic E-state index is 0.109. The Hall–Kier alpha value is -0.890. The number of amides is 1. The van der Waals surface area contributed by atoms with Crippen LogP contribution in [0, 0.1) is 5.92 Å². The zero-order valence-electron chi connectivity index (χ0n) is 17.1. The Labute approximate surface area is 182 Å². The molecule has 3 heterocycles. The molecule has 0 N–H and O–H groups in total. The third-order valence-corrected chi connectivity index (χ3v) is 8.94. The Morgan fingerprint density at radius 3 is 2.41 bits per heavy atom. The van der Waals surface area contributed by atoms with E-state index in [2.05, 4.69) is 17.0 Å². The summed E-state index contributed by atoms with van der Waals surface area (Å²) in [6.07, 6.45) is 3.49. The highest BCUT2D eigenvalue weighted by atomic mass is 32.2. The summed E-state index contributed by atoms with van der Waals surface area (Å²) >= 11 is 4.04. The molecule has 0 atom stereocenters. The third-order valence-electron chi connectivity index (χ3n) is 5.93. The lowest BCUT2D eigenvalue weighted by molar-refractivity contribution is -0.134. The second kappa shape index (κ2) is 10.9. The molecule has 0 aliphatic carbocycles. The van der Waals surface area contributed by atoms with E-state index in [1.54, 1.807) is 0 Å². The van der Waals surface area contributed by atoms with Crippen LogP contribution in [0.15, 0.2) is 24.3 Å². The molecule has 160 valence electrons. The molecule has 3 aliphatic rings. The molecule has 0 bridgehead atoms. The van der Waals surface area contributed by atoms with Crippen LogP contribution in [0.25, 0.3) is 0 Å². The Morgan fingerprint density at radius 2 is 1.72 bits per heavy atom. The summed E-state index contributed by atoms with van der Waals surface area (Å²) in [6.45, 7) is 6.79. The van der Waals surface area contributed by atoms with Gasteiger partial charge in [0.25, 0.3) is 5.91 Å². The second-order valence-corrected chi connectivity index (χ2v) is 10.7. The predicted octanol–water partition coefficient (Wildman–Crippen LogP) is 3.50. The van der Waals surface area contributed by atoms with E-state index in [1.807, 2.05) is 40.6 Å². The first kappa shape index (κ1) is 21.3. The van der Waals surface area contributed by atoms with Crippen molar-refractivity contribution in [3.63, 3.8) is 0 Å². The second-order valence-electron chi connectivity index (χ2n) is 8.02. The summed E-state index contributed by atoms with van der Waals surface area (Å²) in [4.78, 5) is 17.0. The van der Waals surface area contributed by atoms with Crippen LogP contribution in [0.3, 0.4) is 0 Å². The van der Waals surface area contributed by atoms with Gasteiger partial charge in [-0.05, 0) is 54.4 Å². The van der Waals surface area contributed by atoms with Gasteiger partial charge in [0.1, 0.15) is 5.75 Å². The predicted molar refractivity (Wildman–Crippen MR) is 121 cm³/mol. The minimum atomic E-state index is 0.109. The standard InChI is InChI=1S/C22H32N2O3S2/c25-21(24-8-6-18(7-9-24)16-23-10-12-26-13-11-23)17-27-20-4-2-19(3-5-20)22-28-14-1-15-29-22/h2-5,18,22H,1,6-17H2. The van der Waals surface area contributed by atoms with Gasteiger partial charge in [0.05, 0.1) is 17.8 Å². The molecule has 29 heavy (non-hydrogen) atoms. The normalized spacial score (nSPS) is 22.6. The van der Waals surface area contributed by atoms with Gasteiger partial charge < -0.3 is 14.4 Å². The van der Waals surface area contributed by atoms with Gasteiger partial charge in [-0.25, -0.2) is 0 Å². The first-order chi connectivity index (χ1) is 14.3. The summed E-state index contributed by atoms with van der Waals surface area (Å²) in [5.74, 6) is 4.08. The van der Waals surface area contributed by atoms with Gasteiger partial charge in [-0.15, -0.1) is 23.5 Å². The van der Waals surface area contributed by atoms with Gasteiger partial charge in [-0.2, -0.15) is 0 Å². The fraction of sp³-hybridized carbons (Fsp3) is 0.682. The maximum atomic E-state index is 12.5. The number of rotatable bonds is 6. The van der Waals surface area contributed by atoms with E-state index in [0.717, 1.165) is 64.5 Å². The summed E-state index contributed by atoms with van der Waals surface area (Å²) in [5.41, 5.74) is 1.35. The van der Waals surface area contributed by atoms with Crippen LogP contribution < -0.4 is 4.74 Å². The molecule has 3 fully saturated rings. The van der Waals surface area contributed by atoms with E-state index in [1.165, 1.54) is 23.5 Å². The van der Waals surface area contributed by atoms with Crippen molar-refractivity contribution < 1.29 is 14.3 Å². The zero-order chi connectivity index (χ0) is 19.9. The van der Waals surface area contributed by atoms with E-state index in [9.17, 15) is 4.79 Å². The number of piperidine rings is 1. The maximum absolute atomic E-state index is 12.5. The molecule has 5 nitrogen and oxygen atoms in total. The first-order valence-electron chi connectivity index (χ1n) is 10.8. The van der Waals surface area contributed by atoms with E-state index in [4.69, 9.17) is 9.47 Å². The minimum Gasteiger partial charge on any atom is -0.484 e. The number of thioether (sulfide) groups is 2. The lowest BCUT2D eigenvalue weighted by atomic mass is 9.96. The number of nitrogens with zero attached hydrogens (tertiary/aromatic N) is 2. The van der Waals surface area contributed by atoms with E-state index in [-0.39, 0.29) is 12.5 Å². The van der Waals surface area contributed by atoms with Crippen molar-refractivity contribution in [1.82, 2.24) is 9.80 Å². The molecule has 0 aromatic heterocycles. The van der Waals surface area contributed by atoms with Crippen LogP contribution in [0.4, 0.5) is 0 Å². The van der Waals surface area contributed by atoms with Crippen molar-refractivity contribution >= 4 is 29.4 Å². The van der Waals surface area contributed by atoms with Crippen molar-refractivity contribution in [3.8, 4) is 5.75 Å². The average Bonchev–Trinajstić information content (AvgIpc) is 2.80. The van der Waals surface area contributed by atoms with Crippen LogP contribution in [0.2, 0.25) is 0 Å². The highest BCUT2D eigenvalue weighted by Crippen LogP contribution is 2.43. The van der Waals surface area contributed by atoms with Gasteiger partial charge in [0.15, 0.2) is 6.61 Å². The topological polar surface area (TPSA) is 42.0 Å². The first-order valence-corrected chi connectivity index (χ1v) is 12.9. The van der Waals surface area contributed by atoms with Crippen molar-refractivity contribution in [2.75, 3.05) is 64.1 Å². The van der Waals surface area contributed by atoms with E-state index < -0.39 is 0 Å². The highest BCUT2D eigenvalue weighted by molar-refractivity contribution is 8.16. The van der Waals surface area contributed by atoms with Crippen molar-refractivity contribution in [2.45, 2.75) is 23.8 Å². The van der Waals surface area contributed by atoms with Gasteiger partial charge in [-0.1, -0.05) is 12.1 Å². The van der Waals surface area contributed by atoms with Gasteiger partial charge in [-0.3, -0.25) is 9.69 Å². The molecule has 1 aromatic carbocycles.